The first-order valence-electron chi connectivity index (χ1n) is 4.67. The van der Waals surface area contributed by atoms with Crippen LogP contribution in [0.1, 0.15) is 0 Å². The van der Waals surface area contributed by atoms with Crippen molar-refractivity contribution in [3.8, 4) is 11.5 Å². The number of para-hydroxylation sites is 1. The molecule has 2 aliphatic heterocycles. The van der Waals surface area contributed by atoms with Gasteiger partial charge in [0.15, 0.2) is 11.5 Å². The van der Waals surface area contributed by atoms with Gasteiger partial charge in [0.05, 0.1) is 5.02 Å². The molecule has 0 aliphatic carbocycles. The van der Waals surface area contributed by atoms with Crippen LogP contribution < -0.4 is 14.8 Å². The van der Waals surface area contributed by atoms with E-state index >= 15 is 0 Å². The van der Waals surface area contributed by atoms with Crippen LogP contribution in [0.5, 0.6) is 11.5 Å². The van der Waals surface area contributed by atoms with E-state index < -0.39 is 0 Å². The van der Waals surface area contributed by atoms with E-state index in [2.05, 4.69) is 5.32 Å². The Hall–Kier alpha value is -0.930. The summed E-state index contributed by atoms with van der Waals surface area (Å²) in [6, 6.07) is 5.56. The van der Waals surface area contributed by atoms with Crippen LogP contribution in [-0.4, -0.2) is 25.3 Å². The summed E-state index contributed by atoms with van der Waals surface area (Å²) in [5.41, 5.74) is 0. The first-order valence-corrected chi connectivity index (χ1v) is 5.05. The van der Waals surface area contributed by atoms with Crippen LogP contribution in [-0.2, 0) is 0 Å². The normalized spacial score (nSPS) is 28.6. The van der Waals surface area contributed by atoms with Gasteiger partial charge in [0, 0.05) is 13.1 Å². The van der Waals surface area contributed by atoms with Crippen LogP contribution in [0, 0.1) is 0 Å². The first kappa shape index (κ1) is 8.38. The number of hydrogen-bond acceptors (Lipinski definition) is 3. The predicted molar refractivity (Wildman–Crippen MR) is 53.2 cm³/mol. The molecular formula is C10H10ClNO2. The smallest absolute Gasteiger partial charge is 0.180 e. The molecule has 0 amide bonds. The lowest BCUT2D eigenvalue weighted by Gasteiger charge is -2.29. The Labute approximate surface area is 87.0 Å². The zero-order valence-corrected chi connectivity index (χ0v) is 8.25. The third-order valence-corrected chi connectivity index (χ3v) is 2.88. The predicted octanol–water partition coefficient (Wildman–Crippen LogP) is 1.45. The van der Waals surface area contributed by atoms with E-state index in [1.165, 1.54) is 0 Å². The van der Waals surface area contributed by atoms with Gasteiger partial charge < -0.3 is 14.8 Å². The number of ether oxygens (including phenoxy) is 2. The molecule has 14 heavy (non-hydrogen) atoms. The van der Waals surface area contributed by atoms with Gasteiger partial charge in [-0.1, -0.05) is 17.7 Å². The fourth-order valence-corrected chi connectivity index (χ4v) is 2.09. The maximum atomic E-state index is 6.01. The van der Waals surface area contributed by atoms with Crippen molar-refractivity contribution in [2.24, 2.45) is 0 Å². The van der Waals surface area contributed by atoms with Crippen LogP contribution in [0.25, 0.3) is 0 Å². The summed E-state index contributed by atoms with van der Waals surface area (Å²) in [5, 5.41) is 3.84. The Bertz CT molecular complexity index is 369. The molecule has 4 heteroatoms. The van der Waals surface area contributed by atoms with E-state index in [0.29, 0.717) is 10.8 Å². The minimum Gasteiger partial charge on any atom is -0.481 e. The molecule has 3 nitrogen and oxygen atoms in total. The molecule has 1 aromatic rings. The highest BCUT2D eigenvalue weighted by molar-refractivity contribution is 6.32. The van der Waals surface area contributed by atoms with Crippen LogP contribution in [0.4, 0.5) is 0 Å². The topological polar surface area (TPSA) is 30.5 Å². The summed E-state index contributed by atoms with van der Waals surface area (Å²) in [6.07, 6.45) is 0.225. The van der Waals surface area contributed by atoms with Gasteiger partial charge in [0.25, 0.3) is 0 Å². The van der Waals surface area contributed by atoms with Crippen molar-refractivity contribution in [3.63, 3.8) is 0 Å². The molecule has 0 bridgehead atoms. The highest BCUT2D eigenvalue weighted by Gasteiger charge is 2.36. The van der Waals surface area contributed by atoms with Crippen molar-refractivity contribution in [1.29, 1.82) is 0 Å². The molecule has 2 aliphatic rings. The molecule has 1 N–H and O–H groups in total. The Morgan fingerprint density at radius 1 is 1.21 bits per heavy atom. The molecule has 0 saturated carbocycles. The van der Waals surface area contributed by atoms with Gasteiger partial charge in [-0.25, -0.2) is 0 Å². The Kier molecular flexibility index (Phi) is 1.82. The van der Waals surface area contributed by atoms with Crippen LogP contribution in [0.3, 0.4) is 0 Å². The first-order chi connectivity index (χ1) is 6.84. The summed E-state index contributed by atoms with van der Waals surface area (Å²) in [4.78, 5) is 0. The number of nitrogens with one attached hydrogen (secondary N) is 1. The molecule has 74 valence electrons. The lowest BCUT2D eigenvalue weighted by Crippen LogP contribution is -2.38. The van der Waals surface area contributed by atoms with Gasteiger partial charge in [-0.15, -0.1) is 0 Å². The standard InChI is InChI=1S/C10H10ClNO2/c11-6-2-1-3-7-10(6)14-9-5-12-4-8(9)13-7/h1-3,8-9,12H,4-5H2. The van der Waals surface area contributed by atoms with Crippen LogP contribution >= 0.6 is 11.6 Å². The van der Waals surface area contributed by atoms with Crippen molar-refractivity contribution < 1.29 is 9.47 Å². The van der Waals surface area contributed by atoms with E-state index in [0.717, 1.165) is 18.8 Å². The van der Waals surface area contributed by atoms with Crippen LogP contribution in [0.15, 0.2) is 18.2 Å². The van der Waals surface area contributed by atoms with E-state index in [1.54, 1.807) is 0 Å². The number of fused-ring (bicyclic) bond motifs is 2. The third kappa shape index (κ3) is 1.16. The third-order valence-electron chi connectivity index (χ3n) is 2.58. The zero-order chi connectivity index (χ0) is 9.54. The molecule has 1 aromatic carbocycles. The van der Waals surface area contributed by atoms with E-state index in [-0.39, 0.29) is 12.2 Å². The molecule has 2 atom stereocenters. The highest BCUT2D eigenvalue weighted by atomic mass is 35.5. The second-order valence-corrected chi connectivity index (χ2v) is 3.95. The molecule has 1 saturated heterocycles. The largest absolute Gasteiger partial charge is 0.481 e. The van der Waals surface area contributed by atoms with Crippen molar-refractivity contribution in [1.82, 2.24) is 5.32 Å². The van der Waals surface area contributed by atoms with Gasteiger partial charge in [-0.05, 0) is 12.1 Å². The minimum absolute atomic E-state index is 0.0994. The summed E-state index contributed by atoms with van der Waals surface area (Å²) < 4.78 is 11.5. The molecule has 2 heterocycles. The maximum absolute atomic E-state index is 6.01. The Morgan fingerprint density at radius 3 is 2.86 bits per heavy atom. The van der Waals surface area contributed by atoms with Crippen LogP contribution in [0.2, 0.25) is 5.02 Å². The molecule has 0 radical (unpaired) electrons. The van der Waals surface area contributed by atoms with Crippen molar-refractivity contribution in [3.05, 3.63) is 23.2 Å². The van der Waals surface area contributed by atoms with Gasteiger partial charge in [0.1, 0.15) is 12.2 Å². The maximum Gasteiger partial charge on any atom is 0.180 e. The van der Waals surface area contributed by atoms with E-state index in [1.807, 2.05) is 18.2 Å². The molecule has 2 unspecified atom stereocenters. The fourth-order valence-electron chi connectivity index (χ4n) is 1.88. The lowest BCUT2D eigenvalue weighted by molar-refractivity contribution is 0.0554. The lowest BCUT2D eigenvalue weighted by atomic mass is 10.2. The Balaban J connectivity index is 2.01. The monoisotopic (exact) mass is 211 g/mol. The number of benzene rings is 1. The quantitative estimate of drug-likeness (QED) is 0.705. The van der Waals surface area contributed by atoms with Gasteiger partial charge >= 0.3 is 0 Å². The van der Waals surface area contributed by atoms with E-state index in [9.17, 15) is 0 Å². The fraction of sp³-hybridized carbons (Fsp3) is 0.400. The van der Waals surface area contributed by atoms with Gasteiger partial charge in [0.2, 0.25) is 0 Å². The zero-order valence-electron chi connectivity index (χ0n) is 7.50. The number of hydrogen-bond donors (Lipinski definition) is 1. The molecule has 0 spiro atoms. The summed E-state index contributed by atoms with van der Waals surface area (Å²) in [5.74, 6) is 1.43. The minimum atomic E-state index is 0.0994. The van der Waals surface area contributed by atoms with E-state index in [4.69, 9.17) is 21.1 Å². The molecule has 3 rings (SSSR count). The van der Waals surface area contributed by atoms with Crippen molar-refractivity contribution in [2.75, 3.05) is 13.1 Å². The average Bonchev–Trinajstić information content (AvgIpc) is 2.62. The summed E-state index contributed by atoms with van der Waals surface area (Å²) >= 11 is 6.01. The summed E-state index contributed by atoms with van der Waals surface area (Å²) in [7, 11) is 0. The second-order valence-electron chi connectivity index (χ2n) is 3.54. The summed E-state index contributed by atoms with van der Waals surface area (Å²) in [6.45, 7) is 1.67. The molecule has 0 aromatic heterocycles. The van der Waals surface area contributed by atoms with Gasteiger partial charge in [-0.3, -0.25) is 0 Å². The van der Waals surface area contributed by atoms with Crippen molar-refractivity contribution in [2.45, 2.75) is 12.2 Å². The average molecular weight is 212 g/mol. The van der Waals surface area contributed by atoms with Gasteiger partial charge in [-0.2, -0.15) is 0 Å². The number of halogens is 1. The molecular weight excluding hydrogens is 202 g/mol. The second kappa shape index (κ2) is 3.04. The number of rotatable bonds is 0. The van der Waals surface area contributed by atoms with Crippen molar-refractivity contribution >= 4 is 11.6 Å². The Morgan fingerprint density at radius 2 is 2.00 bits per heavy atom. The molecule has 1 fully saturated rings. The highest BCUT2D eigenvalue weighted by Crippen LogP contribution is 2.40. The SMILES string of the molecule is Clc1cccc2c1OC1CNCC1O2.